The zero-order valence-corrected chi connectivity index (χ0v) is 14.1. The van der Waals surface area contributed by atoms with E-state index in [-0.39, 0.29) is 24.5 Å². The Morgan fingerprint density at radius 2 is 2.17 bits per heavy atom. The van der Waals surface area contributed by atoms with Crippen molar-refractivity contribution in [2.24, 2.45) is 0 Å². The Morgan fingerprint density at radius 3 is 2.92 bits per heavy atom. The van der Waals surface area contributed by atoms with E-state index in [4.69, 9.17) is 4.74 Å². The monoisotopic (exact) mass is 340 g/mol. The molecular formula is C18H26F2N2O2. The van der Waals surface area contributed by atoms with Crippen molar-refractivity contribution < 1.29 is 18.3 Å². The number of carbonyl (C=O) groups excluding carboxylic acids is 1. The maximum atomic E-state index is 13.5. The fourth-order valence-corrected chi connectivity index (χ4v) is 3.02. The molecule has 0 aromatic heterocycles. The summed E-state index contributed by atoms with van der Waals surface area (Å²) in [5.74, 6) is -1.91. The highest BCUT2D eigenvalue weighted by atomic mass is 19.2. The first-order valence-corrected chi connectivity index (χ1v) is 8.64. The van der Waals surface area contributed by atoms with Gasteiger partial charge in [-0.1, -0.05) is 25.8 Å². The molecule has 1 saturated heterocycles. The Bertz CT molecular complexity index is 540. The molecule has 1 aliphatic rings. The minimum absolute atomic E-state index is 0.0325. The Balaban J connectivity index is 1.89. The number of unbranched alkanes of at least 4 members (excludes halogenated alkanes) is 2. The van der Waals surface area contributed by atoms with E-state index in [1.165, 1.54) is 6.07 Å². The second-order valence-electron chi connectivity index (χ2n) is 6.21. The van der Waals surface area contributed by atoms with Crippen molar-refractivity contribution in [1.82, 2.24) is 10.6 Å². The summed E-state index contributed by atoms with van der Waals surface area (Å²) in [5, 5.41) is 6.18. The molecule has 24 heavy (non-hydrogen) atoms. The van der Waals surface area contributed by atoms with Crippen LogP contribution in [-0.4, -0.2) is 38.3 Å². The molecule has 1 aromatic rings. The smallest absolute Gasteiger partial charge is 0.246 e. The van der Waals surface area contributed by atoms with Crippen molar-refractivity contribution in [3.8, 4) is 0 Å². The molecule has 1 fully saturated rings. The molecule has 2 atom stereocenters. The molecule has 2 N–H and O–H groups in total. The molecule has 1 aliphatic heterocycles. The summed E-state index contributed by atoms with van der Waals surface area (Å²) in [6.07, 6.45) is 3.91. The van der Waals surface area contributed by atoms with E-state index >= 15 is 0 Å². The summed E-state index contributed by atoms with van der Waals surface area (Å²) < 4.78 is 32.0. The van der Waals surface area contributed by atoms with Gasteiger partial charge in [-0.15, -0.1) is 0 Å². The lowest BCUT2D eigenvalue weighted by molar-refractivity contribution is -0.126. The van der Waals surface area contributed by atoms with Gasteiger partial charge in [0.2, 0.25) is 5.91 Å². The molecule has 6 heteroatoms. The number of hydrogen-bond acceptors (Lipinski definition) is 3. The Kier molecular flexibility index (Phi) is 7.59. The van der Waals surface area contributed by atoms with Gasteiger partial charge in [-0.25, -0.2) is 8.78 Å². The third kappa shape index (κ3) is 5.53. The molecule has 1 amide bonds. The molecule has 2 unspecified atom stereocenters. The van der Waals surface area contributed by atoms with E-state index in [9.17, 15) is 13.6 Å². The van der Waals surface area contributed by atoms with Gasteiger partial charge in [0.1, 0.15) is 6.61 Å². The van der Waals surface area contributed by atoms with Crippen LogP contribution in [0.4, 0.5) is 8.78 Å². The van der Waals surface area contributed by atoms with Crippen LogP contribution in [0.25, 0.3) is 0 Å². The van der Waals surface area contributed by atoms with Gasteiger partial charge in [-0.3, -0.25) is 4.79 Å². The van der Waals surface area contributed by atoms with Crippen LogP contribution < -0.4 is 10.6 Å². The molecule has 1 heterocycles. The minimum atomic E-state index is -0.853. The van der Waals surface area contributed by atoms with Crippen LogP contribution in [-0.2, 0) is 9.53 Å². The number of halogens is 2. The normalized spacial score (nSPS) is 20.8. The lowest BCUT2D eigenvalue weighted by atomic mass is 9.86. The fraction of sp³-hybridized carbons (Fsp3) is 0.611. The van der Waals surface area contributed by atoms with Gasteiger partial charge >= 0.3 is 0 Å². The number of carbonyl (C=O) groups is 1. The van der Waals surface area contributed by atoms with Crippen molar-refractivity contribution in [3.63, 3.8) is 0 Å². The quantitative estimate of drug-likeness (QED) is 0.716. The molecular weight excluding hydrogens is 314 g/mol. The van der Waals surface area contributed by atoms with Gasteiger partial charge in [0.05, 0.1) is 0 Å². The average molecular weight is 340 g/mol. The van der Waals surface area contributed by atoms with Gasteiger partial charge < -0.3 is 15.4 Å². The van der Waals surface area contributed by atoms with Gasteiger partial charge in [-0.2, -0.15) is 0 Å². The molecule has 0 bridgehead atoms. The number of rotatable bonds is 8. The van der Waals surface area contributed by atoms with Crippen LogP contribution in [0.3, 0.4) is 0 Å². The second kappa shape index (κ2) is 9.69. The van der Waals surface area contributed by atoms with Crippen LogP contribution >= 0.6 is 0 Å². The lowest BCUT2D eigenvalue weighted by Crippen LogP contribution is -2.50. The predicted octanol–water partition coefficient (Wildman–Crippen LogP) is 2.73. The molecule has 0 spiro atoms. The molecule has 2 rings (SSSR count). The summed E-state index contributed by atoms with van der Waals surface area (Å²) in [6, 6.07) is 3.80. The van der Waals surface area contributed by atoms with E-state index in [0.29, 0.717) is 18.7 Å². The van der Waals surface area contributed by atoms with Crippen molar-refractivity contribution in [3.05, 3.63) is 35.4 Å². The predicted molar refractivity (Wildman–Crippen MR) is 88.9 cm³/mol. The topological polar surface area (TPSA) is 50.4 Å². The van der Waals surface area contributed by atoms with Crippen LogP contribution in [0, 0.1) is 11.6 Å². The fourth-order valence-electron chi connectivity index (χ4n) is 3.02. The number of hydrogen-bond donors (Lipinski definition) is 2. The summed E-state index contributed by atoms with van der Waals surface area (Å²) in [4.78, 5) is 12.0. The van der Waals surface area contributed by atoms with E-state index in [1.807, 2.05) is 0 Å². The zero-order valence-electron chi connectivity index (χ0n) is 14.1. The number of benzene rings is 1. The van der Waals surface area contributed by atoms with E-state index < -0.39 is 11.6 Å². The summed E-state index contributed by atoms with van der Waals surface area (Å²) >= 11 is 0. The summed E-state index contributed by atoms with van der Waals surface area (Å²) in [5.41, 5.74) is 0.713. The maximum absolute atomic E-state index is 13.5. The Labute approximate surface area is 142 Å². The van der Waals surface area contributed by atoms with Crippen molar-refractivity contribution >= 4 is 5.91 Å². The van der Waals surface area contributed by atoms with Crippen molar-refractivity contribution in [1.29, 1.82) is 0 Å². The number of nitrogens with one attached hydrogen (secondary N) is 2. The first-order chi connectivity index (χ1) is 11.6. The summed E-state index contributed by atoms with van der Waals surface area (Å²) in [6.45, 7) is 4.11. The largest absolute Gasteiger partial charge is 0.372 e. The van der Waals surface area contributed by atoms with Crippen LogP contribution in [0.15, 0.2) is 18.2 Å². The highest BCUT2D eigenvalue weighted by Gasteiger charge is 2.28. The standard InChI is InChI=1S/C18H26F2N2O2/c1-2-3-4-9-24-12-18(23)22-17-11-21-8-7-14(17)13-5-6-15(19)16(20)10-13/h5-6,10,14,17,21H,2-4,7-9,11-12H2,1H3,(H,22,23). The van der Waals surface area contributed by atoms with E-state index in [0.717, 1.165) is 38.3 Å². The summed E-state index contributed by atoms with van der Waals surface area (Å²) in [7, 11) is 0. The molecule has 0 aliphatic carbocycles. The highest BCUT2D eigenvalue weighted by Crippen LogP contribution is 2.27. The second-order valence-corrected chi connectivity index (χ2v) is 6.21. The van der Waals surface area contributed by atoms with E-state index in [2.05, 4.69) is 17.6 Å². The molecule has 4 nitrogen and oxygen atoms in total. The van der Waals surface area contributed by atoms with Crippen molar-refractivity contribution in [2.75, 3.05) is 26.3 Å². The van der Waals surface area contributed by atoms with Gasteiger partial charge in [0.15, 0.2) is 11.6 Å². The van der Waals surface area contributed by atoms with Gasteiger partial charge in [0, 0.05) is 25.1 Å². The first-order valence-electron chi connectivity index (χ1n) is 8.64. The van der Waals surface area contributed by atoms with Crippen LogP contribution in [0.5, 0.6) is 0 Å². The third-order valence-electron chi connectivity index (χ3n) is 4.33. The lowest BCUT2D eigenvalue weighted by Gasteiger charge is -2.33. The number of amides is 1. The number of ether oxygens (including phenoxy) is 1. The SMILES string of the molecule is CCCCCOCC(=O)NC1CNCCC1c1ccc(F)c(F)c1. The van der Waals surface area contributed by atoms with E-state index in [1.54, 1.807) is 6.07 Å². The highest BCUT2D eigenvalue weighted by molar-refractivity contribution is 5.77. The maximum Gasteiger partial charge on any atom is 0.246 e. The minimum Gasteiger partial charge on any atom is -0.372 e. The van der Waals surface area contributed by atoms with Crippen LogP contribution in [0.2, 0.25) is 0 Å². The third-order valence-corrected chi connectivity index (χ3v) is 4.33. The molecule has 0 radical (unpaired) electrons. The molecule has 1 aromatic carbocycles. The first kappa shape index (κ1) is 18.8. The van der Waals surface area contributed by atoms with Crippen LogP contribution in [0.1, 0.15) is 44.1 Å². The Morgan fingerprint density at radius 1 is 1.33 bits per heavy atom. The van der Waals surface area contributed by atoms with Crippen molar-refractivity contribution in [2.45, 2.75) is 44.6 Å². The zero-order chi connectivity index (χ0) is 17.4. The molecule has 0 saturated carbocycles. The Hall–Kier alpha value is -1.53. The molecule has 134 valence electrons. The van der Waals surface area contributed by atoms with Gasteiger partial charge in [0.25, 0.3) is 0 Å². The average Bonchev–Trinajstić information content (AvgIpc) is 2.58. The van der Waals surface area contributed by atoms with Gasteiger partial charge in [-0.05, 0) is 37.1 Å². The number of piperidine rings is 1.